The zero-order valence-electron chi connectivity index (χ0n) is 9.21. The zero-order valence-corrected chi connectivity index (χ0v) is 9.21. The van der Waals surface area contributed by atoms with Crippen molar-refractivity contribution < 1.29 is 13.9 Å². The van der Waals surface area contributed by atoms with E-state index in [1.807, 2.05) is 6.92 Å². The van der Waals surface area contributed by atoms with Gasteiger partial charge in [0.25, 0.3) is 0 Å². The molecule has 0 aromatic rings. The predicted molar refractivity (Wildman–Crippen MR) is 56.3 cm³/mol. The van der Waals surface area contributed by atoms with Crippen LogP contribution in [0.5, 0.6) is 0 Å². The summed E-state index contributed by atoms with van der Waals surface area (Å²) in [4.78, 5) is 11.9. The molecule has 3 saturated heterocycles. The lowest BCUT2D eigenvalue weighted by Gasteiger charge is -2.52. The Morgan fingerprint density at radius 1 is 1.36 bits per heavy atom. The smallest absolute Gasteiger partial charge is 0.372 e. The summed E-state index contributed by atoms with van der Waals surface area (Å²) in [5.74, 6) is 0.0611. The van der Waals surface area contributed by atoms with Crippen LogP contribution >= 0.6 is 0 Å². The van der Waals surface area contributed by atoms with Gasteiger partial charge in [-0.3, -0.25) is 4.79 Å². The van der Waals surface area contributed by atoms with Gasteiger partial charge < -0.3 is 9.13 Å². The molecule has 0 saturated carbocycles. The Hall–Kier alpha value is -0.505. The van der Waals surface area contributed by atoms with E-state index >= 15 is 0 Å². The summed E-state index contributed by atoms with van der Waals surface area (Å²) in [6.45, 7) is 5.86. The van der Waals surface area contributed by atoms with Gasteiger partial charge >= 0.3 is 14.0 Å². The number of hydrogen-bond donors (Lipinski definition) is 0. The molecule has 0 amide bonds. The van der Waals surface area contributed by atoms with Gasteiger partial charge in [0, 0.05) is 19.3 Å². The fourth-order valence-corrected chi connectivity index (χ4v) is 2.75. The van der Waals surface area contributed by atoms with E-state index in [0.717, 1.165) is 38.9 Å². The Morgan fingerprint density at radius 2 is 1.86 bits per heavy atom. The van der Waals surface area contributed by atoms with Gasteiger partial charge in [0.2, 0.25) is 0 Å². The third-order valence-electron chi connectivity index (χ3n) is 4.10. The molecule has 4 heteroatoms. The molecule has 14 heavy (non-hydrogen) atoms. The second kappa shape index (κ2) is 3.26. The summed E-state index contributed by atoms with van der Waals surface area (Å²) in [5, 5.41) is 0. The van der Waals surface area contributed by atoms with Crippen LogP contribution in [0.3, 0.4) is 0 Å². The van der Waals surface area contributed by atoms with Gasteiger partial charge in [-0.1, -0.05) is 0 Å². The molecule has 3 fully saturated rings. The minimum atomic E-state index is -0.105. The maximum atomic E-state index is 11.9. The number of esters is 1. The number of piperidine rings is 3. The molecule has 0 radical (unpaired) electrons. The van der Waals surface area contributed by atoms with E-state index in [1.54, 1.807) is 0 Å². The van der Waals surface area contributed by atoms with Crippen LogP contribution in [-0.4, -0.2) is 44.6 Å². The SMILES string of the molecule is B[N+]12CCC(C(=O)OCC)(CC1)CC2. The second-order valence-corrected chi connectivity index (χ2v) is 5.04. The first kappa shape index (κ1) is 10.0. The quantitative estimate of drug-likeness (QED) is 0.462. The molecule has 0 N–H and O–H groups in total. The van der Waals surface area contributed by atoms with Crippen molar-refractivity contribution in [2.75, 3.05) is 26.2 Å². The third-order valence-corrected chi connectivity index (χ3v) is 4.10. The van der Waals surface area contributed by atoms with Crippen molar-refractivity contribution in [1.29, 1.82) is 0 Å². The molecule has 3 aliphatic rings. The van der Waals surface area contributed by atoms with Gasteiger partial charge in [0.15, 0.2) is 0 Å². The molecular weight excluding hydrogens is 177 g/mol. The molecule has 3 aliphatic heterocycles. The van der Waals surface area contributed by atoms with Crippen LogP contribution < -0.4 is 0 Å². The molecule has 0 aromatic carbocycles. The number of carbonyl (C=O) groups is 1. The van der Waals surface area contributed by atoms with Gasteiger partial charge in [0.05, 0.1) is 31.7 Å². The van der Waals surface area contributed by atoms with Crippen LogP contribution in [0.15, 0.2) is 0 Å². The highest BCUT2D eigenvalue weighted by molar-refractivity contribution is 5.97. The van der Waals surface area contributed by atoms with Crippen molar-refractivity contribution in [1.82, 2.24) is 0 Å². The van der Waals surface area contributed by atoms with Crippen LogP contribution in [0.1, 0.15) is 26.2 Å². The van der Waals surface area contributed by atoms with Gasteiger partial charge in [0.1, 0.15) is 0 Å². The van der Waals surface area contributed by atoms with Crippen molar-refractivity contribution in [3.63, 3.8) is 0 Å². The monoisotopic (exact) mass is 196 g/mol. The highest BCUT2D eigenvalue weighted by Crippen LogP contribution is 2.43. The van der Waals surface area contributed by atoms with Gasteiger partial charge in [-0.2, -0.15) is 0 Å². The first-order chi connectivity index (χ1) is 6.60. The molecule has 0 aliphatic carbocycles. The molecule has 3 heterocycles. The number of hydrogen-bond acceptors (Lipinski definition) is 2. The molecule has 0 unspecified atom stereocenters. The van der Waals surface area contributed by atoms with Crippen LogP contribution in [0, 0.1) is 5.41 Å². The molecule has 3 rings (SSSR count). The lowest BCUT2D eigenvalue weighted by molar-refractivity contribution is -0.838. The molecule has 0 atom stereocenters. The number of carbonyl (C=O) groups excluding carboxylic acids is 1. The van der Waals surface area contributed by atoms with Crippen molar-refractivity contribution in [2.45, 2.75) is 26.2 Å². The van der Waals surface area contributed by atoms with Crippen molar-refractivity contribution in [2.24, 2.45) is 5.41 Å². The standard InChI is InChI=1S/C10H19BNO2/c1-2-14-9(13)10-3-6-12(11,7-4-10)8-5-10/h2-8,11H2,1H3/q+1. The minimum Gasteiger partial charge on any atom is -0.466 e. The number of quaternary nitrogens is 1. The Kier molecular flexibility index (Phi) is 2.34. The van der Waals surface area contributed by atoms with E-state index in [1.165, 1.54) is 4.39 Å². The largest absolute Gasteiger partial charge is 0.466 e. The van der Waals surface area contributed by atoms with E-state index in [-0.39, 0.29) is 11.4 Å². The van der Waals surface area contributed by atoms with Gasteiger partial charge in [-0.05, 0) is 6.92 Å². The van der Waals surface area contributed by atoms with Crippen molar-refractivity contribution in [3.05, 3.63) is 0 Å². The highest BCUT2D eigenvalue weighted by Gasteiger charge is 2.51. The predicted octanol–water partition coefficient (Wildman–Crippen LogP) is 0.0983. The Morgan fingerprint density at radius 3 is 2.29 bits per heavy atom. The summed E-state index contributed by atoms with van der Waals surface area (Å²) in [5.41, 5.74) is -0.105. The maximum Gasteiger partial charge on any atom is 0.372 e. The maximum absolute atomic E-state index is 11.9. The van der Waals surface area contributed by atoms with Crippen LogP contribution in [0.4, 0.5) is 0 Å². The number of fused-ring (bicyclic) bond motifs is 3. The summed E-state index contributed by atoms with van der Waals surface area (Å²) < 4.78 is 6.36. The topological polar surface area (TPSA) is 26.3 Å². The Balaban J connectivity index is 2.08. The second-order valence-electron chi connectivity index (χ2n) is 5.04. The molecule has 0 aromatic heterocycles. The summed E-state index contributed by atoms with van der Waals surface area (Å²) in [7, 11) is 2.30. The zero-order chi connectivity index (χ0) is 10.2. The summed E-state index contributed by atoms with van der Waals surface area (Å²) >= 11 is 0. The van der Waals surface area contributed by atoms with E-state index in [4.69, 9.17) is 4.74 Å². The van der Waals surface area contributed by atoms with E-state index in [2.05, 4.69) is 7.98 Å². The van der Waals surface area contributed by atoms with Gasteiger partial charge in [-0.15, -0.1) is 0 Å². The van der Waals surface area contributed by atoms with Crippen LogP contribution in [0.25, 0.3) is 0 Å². The first-order valence-electron chi connectivity index (χ1n) is 5.61. The molecule has 3 nitrogen and oxygen atoms in total. The number of ether oxygens (including phenoxy) is 1. The minimum absolute atomic E-state index is 0.0611. The summed E-state index contributed by atoms with van der Waals surface area (Å²) in [6, 6.07) is 0. The fraction of sp³-hybridized carbons (Fsp3) is 0.900. The fourth-order valence-electron chi connectivity index (χ4n) is 2.75. The van der Waals surface area contributed by atoms with Crippen molar-refractivity contribution in [3.8, 4) is 0 Å². The Bertz CT molecular complexity index is 230. The average Bonchev–Trinajstić information content (AvgIpc) is 2.20. The number of nitrogens with zero attached hydrogens (tertiary/aromatic N) is 1. The molecular formula is C10H19BNO2+. The first-order valence-corrected chi connectivity index (χ1v) is 5.61. The average molecular weight is 196 g/mol. The Labute approximate surface area is 86.4 Å². The normalized spacial score (nSPS) is 40.9. The van der Waals surface area contributed by atoms with E-state index in [9.17, 15) is 4.79 Å². The van der Waals surface area contributed by atoms with E-state index in [0.29, 0.717) is 6.61 Å². The van der Waals surface area contributed by atoms with E-state index < -0.39 is 0 Å². The molecule has 0 spiro atoms. The number of rotatable bonds is 2. The third kappa shape index (κ3) is 1.46. The molecule has 2 bridgehead atoms. The summed E-state index contributed by atoms with van der Waals surface area (Å²) in [6.07, 6.45) is 3.09. The van der Waals surface area contributed by atoms with Crippen LogP contribution in [-0.2, 0) is 9.53 Å². The van der Waals surface area contributed by atoms with Gasteiger partial charge in [-0.25, -0.2) is 0 Å². The van der Waals surface area contributed by atoms with Crippen molar-refractivity contribution >= 4 is 14.0 Å². The molecule has 78 valence electrons. The lowest BCUT2D eigenvalue weighted by Crippen LogP contribution is -2.62. The highest BCUT2D eigenvalue weighted by atomic mass is 16.5. The van der Waals surface area contributed by atoms with Crippen LogP contribution in [0.2, 0.25) is 0 Å². The lowest BCUT2D eigenvalue weighted by atomic mass is 9.69.